The summed E-state index contributed by atoms with van der Waals surface area (Å²) in [5.41, 5.74) is 1.02. The maximum Gasteiger partial charge on any atom is 0.393 e. The van der Waals surface area contributed by atoms with E-state index in [-0.39, 0.29) is 46.7 Å². The largest absolute Gasteiger partial charge is 0.393 e. The van der Waals surface area contributed by atoms with Crippen molar-refractivity contribution in [3.8, 4) is 10.7 Å². The van der Waals surface area contributed by atoms with E-state index in [0.29, 0.717) is 33.8 Å². The molecule has 7 rings (SSSR count). The predicted octanol–water partition coefficient (Wildman–Crippen LogP) is 5.50. The van der Waals surface area contributed by atoms with E-state index in [1.54, 1.807) is 29.1 Å². The summed E-state index contributed by atoms with van der Waals surface area (Å²) >= 11 is 1.12. The molecule has 0 radical (unpaired) electrons. The van der Waals surface area contributed by atoms with Crippen molar-refractivity contribution in [1.29, 1.82) is 0 Å². The molecular formula is C28H29F4N7O2S. The zero-order valence-electron chi connectivity index (χ0n) is 22.7. The van der Waals surface area contributed by atoms with Crippen LogP contribution in [0, 0.1) is 0 Å². The van der Waals surface area contributed by atoms with Crippen LogP contribution in [0.2, 0.25) is 0 Å². The maximum atomic E-state index is 15.4. The highest BCUT2D eigenvalue weighted by molar-refractivity contribution is 7.23. The van der Waals surface area contributed by atoms with Crippen molar-refractivity contribution in [3.05, 3.63) is 47.6 Å². The third kappa shape index (κ3) is 5.14. The van der Waals surface area contributed by atoms with Gasteiger partial charge >= 0.3 is 6.18 Å². The molecule has 2 aliphatic heterocycles. The molecule has 0 spiro atoms. The van der Waals surface area contributed by atoms with E-state index >= 15 is 4.39 Å². The molecular weight excluding hydrogens is 574 g/mol. The average Bonchev–Trinajstić information content (AvgIpc) is 3.25. The van der Waals surface area contributed by atoms with E-state index in [0.717, 1.165) is 37.0 Å². The van der Waals surface area contributed by atoms with Gasteiger partial charge in [-0.1, -0.05) is 17.3 Å². The summed E-state index contributed by atoms with van der Waals surface area (Å²) in [5, 5.41) is 14.6. The van der Waals surface area contributed by atoms with Crippen LogP contribution in [0.4, 0.5) is 23.2 Å². The van der Waals surface area contributed by atoms with E-state index in [1.807, 2.05) is 7.05 Å². The molecule has 3 aromatic heterocycles. The zero-order chi connectivity index (χ0) is 29.2. The molecule has 3 fully saturated rings. The first kappa shape index (κ1) is 27.3. The Morgan fingerprint density at radius 1 is 1.19 bits per heavy atom. The quantitative estimate of drug-likeness (QED) is 0.257. The van der Waals surface area contributed by atoms with Crippen LogP contribution in [0.25, 0.3) is 20.8 Å². The fourth-order valence-corrected chi connectivity index (χ4v) is 7.47. The molecule has 1 amide bonds. The normalized spacial score (nSPS) is 24.4. The lowest BCUT2D eigenvalue weighted by atomic mass is 9.95. The summed E-state index contributed by atoms with van der Waals surface area (Å²) in [6.07, 6.45) is 0.859. The Kier molecular flexibility index (Phi) is 6.72. The lowest BCUT2D eigenvalue weighted by molar-refractivity contribution is -0.126. The number of rotatable bonds is 8. The highest BCUT2D eigenvalue weighted by Gasteiger charge is 2.46. The monoisotopic (exact) mass is 603 g/mol. The van der Waals surface area contributed by atoms with Gasteiger partial charge in [0.2, 0.25) is 11.7 Å². The number of hydrogen-bond acceptors (Lipinski definition) is 8. The van der Waals surface area contributed by atoms with Gasteiger partial charge < -0.3 is 15.2 Å². The smallest absolute Gasteiger partial charge is 0.378 e. The molecule has 4 aromatic rings. The molecule has 42 heavy (non-hydrogen) atoms. The van der Waals surface area contributed by atoms with E-state index < -0.39 is 24.8 Å². The molecule has 3 aliphatic rings. The Morgan fingerprint density at radius 2 is 2.00 bits per heavy atom. The third-order valence-electron chi connectivity index (χ3n) is 8.57. The Hall–Kier alpha value is -3.52. The number of piperidine rings is 1. The number of hydrogen-bond donors (Lipinski definition) is 2. The van der Waals surface area contributed by atoms with Gasteiger partial charge in [0, 0.05) is 18.3 Å². The molecule has 14 heteroatoms. The van der Waals surface area contributed by atoms with Gasteiger partial charge in [0.25, 0.3) is 5.91 Å². The van der Waals surface area contributed by atoms with Crippen molar-refractivity contribution in [2.45, 2.75) is 81.6 Å². The van der Waals surface area contributed by atoms with Crippen LogP contribution in [0.3, 0.4) is 0 Å². The minimum absolute atomic E-state index is 0.00732. The van der Waals surface area contributed by atoms with Crippen molar-refractivity contribution in [1.82, 2.24) is 30.1 Å². The van der Waals surface area contributed by atoms with Gasteiger partial charge in [0.1, 0.15) is 6.17 Å². The van der Waals surface area contributed by atoms with Crippen molar-refractivity contribution in [2.75, 3.05) is 12.4 Å². The summed E-state index contributed by atoms with van der Waals surface area (Å²) in [5.74, 6) is -0.304. The van der Waals surface area contributed by atoms with Crippen molar-refractivity contribution in [3.63, 3.8) is 0 Å². The Balaban J connectivity index is 1.14. The second kappa shape index (κ2) is 10.3. The third-order valence-corrected chi connectivity index (χ3v) is 9.84. The summed E-state index contributed by atoms with van der Waals surface area (Å²) in [4.78, 5) is 19.2. The lowest BCUT2D eigenvalue weighted by Crippen LogP contribution is -2.53. The number of amides is 1. The van der Waals surface area contributed by atoms with Crippen LogP contribution in [0.15, 0.2) is 35.1 Å². The highest BCUT2D eigenvalue weighted by Crippen LogP contribution is 2.45. The highest BCUT2D eigenvalue weighted by atomic mass is 32.1. The number of nitrogens with zero attached hydrogens (tertiary/aromatic N) is 5. The molecule has 1 aliphatic carbocycles. The topological polar surface area (TPSA) is 101 Å². The SMILES string of the molecule is CN1C2CCC1C(F)C(Nc1cccc3c(CC(F)(F)F)c(-c4noc(CNC(=O)c5cnn(C6CC6)c5)n4)sc13)C2. The molecule has 222 valence electrons. The number of benzene rings is 1. The minimum Gasteiger partial charge on any atom is -0.378 e. The van der Waals surface area contributed by atoms with Gasteiger partial charge in [-0.3, -0.25) is 14.4 Å². The first-order valence-electron chi connectivity index (χ1n) is 14.0. The van der Waals surface area contributed by atoms with Crippen LogP contribution in [-0.4, -0.2) is 68.2 Å². The predicted molar refractivity (Wildman–Crippen MR) is 148 cm³/mol. The number of fused-ring (bicyclic) bond motifs is 3. The Bertz CT molecular complexity index is 1630. The summed E-state index contributed by atoms with van der Waals surface area (Å²) in [7, 11) is 1.95. The average molecular weight is 604 g/mol. The second-order valence-corrected chi connectivity index (χ2v) is 12.4. The fraction of sp³-hybridized carbons (Fsp3) is 0.500. The Labute approximate surface area is 242 Å². The van der Waals surface area contributed by atoms with Crippen molar-refractivity contribution in [2.24, 2.45) is 0 Å². The molecule has 4 unspecified atom stereocenters. The van der Waals surface area contributed by atoms with Gasteiger partial charge in [-0.15, -0.1) is 11.3 Å². The molecule has 4 atom stereocenters. The van der Waals surface area contributed by atoms with Crippen LogP contribution < -0.4 is 10.6 Å². The molecule has 9 nitrogen and oxygen atoms in total. The van der Waals surface area contributed by atoms with E-state index in [4.69, 9.17) is 4.52 Å². The van der Waals surface area contributed by atoms with Crippen LogP contribution in [0.5, 0.6) is 0 Å². The van der Waals surface area contributed by atoms with E-state index in [9.17, 15) is 18.0 Å². The van der Waals surface area contributed by atoms with Crippen molar-refractivity contribution < 1.29 is 26.9 Å². The number of aromatic nitrogens is 4. The molecule has 5 heterocycles. The minimum atomic E-state index is -4.48. The first-order chi connectivity index (χ1) is 20.1. The van der Waals surface area contributed by atoms with Crippen molar-refractivity contribution >= 4 is 33.0 Å². The number of alkyl halides is 4. The number of carbonyl (C=O) groups is 1. The first-order valence-corrected chi connectivity index (χ1v) is 14.9. The molecule has 1 aromatic carbocycles. The van der Waals surface area contributed by atoms with Crippen LogP contribution in [-0.2, 0) is 13.0 Å². The molecule has 2 N–H and O–H groups in total. The Morgan fingerprint density at radius 3 is 2.79 bits per heavy atom. The standard InChI is InChI=1S/C28H29F4N7O2S/c1-38-16-7-8-21(38)23(29)20(9-16)35-19-4-2-3-17-18(10-28(30,31)32)25(42-24(17)19)26-36-22(41-37-26)12-33-27(40)14-11-34-39(13-14)15-5-6-15/h2-4,11,13,15-16,20-21,23,35H,5-10,12H2,1H3,(H,33,40). The van der Waals surface area contributed by atoms with Crippen LogP contribution >= 0.6 is 11.3 Å². The number of anilines is 1. The summed E-state index contributed by atoms with van der Waals surface area (Å²) < 4.78 is 64.3. The van der Waals surface area contributed by atoms with E-state index in [1.165, 1.54) is 6.20 Å². The van der Waals surface area contributed by atoms with Crippen LogP contribution in [0.1, 0.15) is 60.0 Å². The number of halogens is 4. The van der Waals surface area contributed by atoms with Gasteiger partial charge in [-0.25, -0.2) is 4.39 Å². The number of carbonyl (C=O) groups excluding carboxylic acids is 1. The fourth-order valence-electron chi connectivity index (χ4n) is 6.25. The van der Waals surface area contributed by atoms with Gasteiger partial charge in [0.15, 0.2) is 0 Å². The summed E-state index contributed by atoms with van der Waals surface area (Å²) in [6, 6.07) is 5.12. The molecule has 2 saturated heterocycles. The number of nitrogens with one attached hydrogen (secondary N) is 2. The zero-order valence-corrected chi connectivity index (χ0v) is 23.5. The number of thiophene rings is 1. The molecule has 1 saturated carbocycles. The lowest BCUT2D eigenvalue weighted by Gasteiger charge is -2.39. The van der Waals surface area contributed by atoms with Gasteiger partial charge in [0.05, 0.1) is 52.1 Å². The summed E-state index contributed by atoms with van der Waals surface area (Å²) in [6.45, 7) is -0.0942. The van der Waals surface area contributed by atoms with E-state index in [2.05, 4.69) is 30.8 Å². The molecule has 2 bridgehead atoms. The second-order valence-electron chi connectivity index (χ2n) is 11.4. The van der Waals surface area contributed by atoms with Gasteiger partial charge in [-0.05, 0) is 56.2 Å². The maximum absolute atomic E-state index is 15.4. The van der Waals surface area contributed by atoms with Gasteiger partial charge in [-0.2, -0.15) is 23.3 Å².